The minimum atomic E-state index is -1.21. The van der Waals surface area contributed by atoms with Gasteiger partial charge in [0.15, 0.2) is 5.78 Å². The maximum absolute atomic E-state index is 11.8. The summed E-state index contributed by atoms with van der Waals surface area (Å²) >= 11 is 0. The summed E-state index contributed by atoms with van der Waals surface area (Å²) in [6, 6.07) is 0. The quantitative estimate of drug-likeness (QED) is 0.424. The van der Waals surface area contributed by atoms with E-state index in [0.717, 1.165) is 11.1 Å². The highest BCUT2D eigenvalue weighted by Gasteiger charge is 2.19. The summed E-state index contributed by atoms with van der Waals surface area (Å²) in [6.45, 7) is 12.0. The van der Waals surface area contributed by atoms with Crippen LogP contribution in [0, 0.1) is 0 Å². The van der Waals surface area contributed by atoms with Crippen molar-refractivity contribution in [3.63, 3.8) is 0 Å². The van der Waals surface area contributed by atoms with Crippen molar-refractivity contribution in [2.24, 2.45) is 0 Å². The Balaban J connectivity index is 4.81. The van der Waals surface area contributed by atoms with Crippen LogP contribution in [0.15, 0.2) is 36.0 Å². The summed E-state index contributed by atoms with van der Waals surface area (Å²) in [4.78, 5) is 22.9. The molecule has 0 aliphatic carbocycles. The molecule has 0 rings (SSSR count). The van der Waals surface area contributed by atoms with Gasteiger partial charge >= 0.3 is 5.97 Å². The Morgan fingerprint density at radius 2 is 1.86 bits per heavy atom. The fraction of sp³-hybridized carbons (Fsp3) is 0.529. The van der Waals surface area contributed by atoms with Crippen molar-refractivity contribution in [1.29, 1.82) is 0 Å². The summed E-state index contributed by atoms with van der Waals surface area (Å²) in [5.74, 6) is -0.539. The lowest BCUT2D eigenvalue weighted by atomic mass is 9.97. The number of allylic oxidation sites excluding steroid dienone is 2. The van der Waals surface area contributed by atoms with Crippen LogP contribution in [0.3, 0.4) is 0 Å². The molecule has 0 saturated carbocycles. The molecular formula is C17H26O4. The van der Waals surface area contributed by atoms with Crippen LogP contribution in [0.25, 0.3) is 0 Å². The van der Waals surface area contributed by atoms with Gasteiger partial charge in [-0.1, -0.05) is 17.2 Å². The molecule has 0 spiro atoms. The molecule has 2 atom stereocenters. The van der Waals surface area contributed by atoms with E-state index in [-0.39, 0.29) is 24.3 Å². The number of rotatable bonds is 8. The molecule has 21 heavy (non-hydrogen) atoms. The van der Waals surface area contributed by atoms with E-state index >= 15 is 0 Å². The number of carbonyl (C=O) groups excluding carboxylic acids is 2. The number of aliphatic hydroxyl groups is 1. The summed E-state index contributed by atoms with van der Waals surface area (Å²) in [5, 5.41) is 9.78. The van der Waals surface area contributed by atoms with Crippen LogP contribution in [0.5, 0.6) is 0 Å². The first-order valence-electron chi connectivity index (χ1n) is 6.94. The van der Waals surface area contributed by atoms with Gasteiger partial charge in [-0.2, -0.15) is 0 Å². The largest absolute Gasteiger partial charge is 0.458 e. The molecule has 0 radical (unpaired) electrons. The van der Waals surface area contributed by atoms with Gasteiger partial charge in [-0.15, -0.1) is 6.58 Å². The summed E-state index contributed by atoms with van der Waals surface area (Å²) in [6.07, 6.45) is 4.73. The van der Waals surface area contributed by atoms with Crippen molar-refractivity contribution < 1.29 is 19.4 Å². The Hall–Kier alpha value is -1.68. The van der Waals surface area contributed by atoms with Crippen LogP contribution in [0.1, 0.15) is 47.5 Å². The second-order valence-electron chi connectivity index (χ2n) is 5.79. The van der Waals surface area contributed by atoms with E-state index in [1.807, 2.05) is 19.9 Å². The zero-order valence-corrected chi connectivity index (χ0v) is 13.6. The highest BCUT2D eigenvalue weighted by molar-refractivity contribution is 5.91. The first-order valence-corrected chi connectivity index (χ1v) is 6.94. The molecule has 0 heterocycles. The summed E-state index contributed by atoms with van der Waals surface area (Å²) in [5.41, 5.74) is 0.627. The number of hydrogen-bond donors (Lipinski definition) is 1. The average molecular weight is 294 g/mol. The third-order valence-electron chi connectivity index (χ3n) is 2.74. The standard InChI is InChI=1S/C17H26O4/c1-7-17(6,20)11-15(19)9-13(4)10-16(8-12(2)3)21-14(5)18/h7-9,16,20H,1,10-11H2,2-6H3. The van der Waals surface area contributed by atoms with Crippen molar-refractivity contribution in [1.82, 2.24) is 0 Å². The topological polar surface area (TPSA) is 63.6 Å². The van der Waals surface area contributed by atoms with Gasteiger partial charge in [0.2, 0.25) is 0 Å². The minimum absolute atomic E-state index is 0.0191. The number of ketones is 1. The number of esters is 1. The van der Waals surface area contributed by atoms with Crippen molar-refractivity contribution in [3.8, 4) is 0 Å². The van der Waals surface area contributed by atoms with Crippen molar-refractivity contribution >= 4 is 11.8 Å². The third-order valence-corrected chi connectivity index (χ3v) is 2.74. The third kappa shape index (κ3) is 9.79. The lowest BCUT2D eigenvalue weighted by Crippen LogP contribution is -2.24. The van der Waals surface area contributed by atoms with E-state index in [1.165, 1.54) is 26.0 Å². The van der Waals surface area contributed by atoms with Gasteiger partial charge in [0.1, 0.15) is 6.10 Å². The van der Waals surface area contributed by atoms with Crippen molar-refractivity contribution in [2.75, 3.05) is 0 Å². The predicted molar refractivity (Wildman–Crippen MR) is 83.8 cm³/mol. The predicted octanol–water partition coefficient (Wildman–Crippen LogP) is 3.12. The van der Waals surface area contributed by atoms with E-state index in [4.69, 9.17) is 4.74 Å². The molecule has 0 saturated heterocycles. The van der Waals surface area contributed by atoms with Gasteiger partial charge < -0.3 is 9.84 Å². The Labute approximate surface area is 127 Å². The Kier molecular flexibility index (Phi) is 7.89. The maximum atomic E-state index is 11.8. The second-order valence-corrected chi connectivity index (χ2v) is 5.79. The first kappa shape index (κ1) is 19.3. The van der Waals surface area contributed by atoms with E-state index in [1.54, 1.807) is 6.92 Å². The highest BCUT2D eigenvalue weighted by atomic mass is 16.5. The Morgan fingerprint density at radius 1 is 1.29 bits per heavy atom. The van der Waals surface area contributed by atoms with Gasteiger partial charge in [-0.3, -0.25) is 9.59 Å². The molecule has 4 heteroatoms. The monoisotopic (exact) mass is 294 g/mol. The lowest BCUT2D eigenvalue weighted by molar-refractivity contribution is -0.144. The van der Waals surface area contributed by atoms with E-state index in [0.29, 0.717) is 6.42 Å². The molecule has 0 aliphatic heterocycles. The fourth-order valence-corrected chi connectivity index (χ4v) is 1.85. The van der Waals surface area contributed by atoms with Gasteiger partial charge in [-0.25, -0.2) is 0 Å². The van der Waals surface area contributed by atoms with Gasteiger partial charge in [0.05, 0.1) is 5.60 Å². The van der Waals surface area contributed by atoms with Crippen molar-refractivity contribution in [3.05, 3.63) is 36.0 Å². The molecule has 4 nitrogen and oxygen atoms in total. The zero-order chi connectivity index (χ0) is 16.6. The molecule has 0 fully saturated rings. The average Bonchev–Trinajstić information content (AvgIpc) is 2.25. The van der Waals surface area contributed by atoms with Crippen LogP contribution in [-0.2, 0) is 14.3 Å². The van der Waals surface area contributed by atoms with Crippen LogP contribution in [0.2, 0.25) is 0 Å². The van der Waals surface area contributed by atoms with E-state index in [2.05, 4.69) is 6.58 Å². The molecule has 0 amide bonds. The van der Waals surface area contributed by atoms with Crippen LogP contribution >= 0.6 is 0 Å². The Bertz CT molecular complexity index is 451. The fourth-order valence-electron chi connectivity index (χ4n) is 1.85. The molecule has 0 bridgehead atoms. The molecule has 0 aromatic rings. The Morgan fingerprint density at radius 3 is 2.29 bits per heavy atom. The molecule has 118 valence electrons. The van der Waals surface area contributed by atoms with E-state index < -0.39 is 5.60 Å². The van der Waals surface area contributed by atoms with Gasteiger partial charge in [0, 0.05) is 19.8 Å². The van der Waals surface area contributed by atoms with Crippen LogP contribution in [-0.4, -0.2) is 28.6 Å². The SMILES string of the molecule is C=CC(C)(O)CC(=O)C=C(C)CC(C=C(C)C)OC(C)=O. The summed E-state index contributed by atoms with van der Waals surface area (Å²) in [7, 11) is 0. The van der Waals surface area contributed by atoms with Gasteiger partial charge in [-0.05, 0) is 39.8 Å². The molecule has 2 unspecified atom stereocenters. The van der Waals surface area contributed by atoms with Crippen molar-refractivity contribution in [2.45, 2.75) is 59.2 Å². The van der Waals surface area contributed by atoms with E-state index in [9.17, 15) is 14.7 Å². The normalized spacial score (nSPS) is 15.6. The molecule has 0 aromatic carbocycles. The molecular weight excluding hydrogens is 268 g/mol. The highest BCUT2D eigenvalue weighted by Crippen LogP contribution is 2.15. The molecule has 0 aliphatic rings. The lowest BCUT2D eigenvalue weighted by Gasteiger charge is -2.17. The first-order chi connectivity index (χ1) is 9.55. The molecule has 0 aromatic heterocycles. The number of hydrogen-bond acceptors (Lipinski definition) is 4. The maximum Gasteiger partial charge on any atom is 0.303 e. The molecule has 1 N–H and O–H groups in total. The zero-order valence-electron chi connectivity index (χ0n) is 13.6. The second kappa shape index (κ2) is 8.57. The van der Waals surface area contributed by atoms with Crippen LogP contribution in [0.4, 0.5) is 0 Å². The summed E-state index contributed by atoms with van der Waals surface area (Å²) < 4.78 is 5.20. The smallest absolute Gasteiger partial charge is 0.303 e. The minimum Gasteiger partial charge on any atom is -0.458 e. The number of carbonyl (C=O) groups is 2. The van der Waals surface area contributed by atoms with Gasteiger partial charge in [0.25, 0.3) is 0 Å². The van der Waals surface area contributed by atoms with Crippen LogP contribution < -0.4 is 0 Å². The number of ether oxygens (including phenoxy) is 1.